The smallest absolute Gasteiger partial charge is 0.228 e. The van der Waals surface area contributed by atoms with Crippen LogP contribution >= 0.6 is 0 Å². The summed E-state index contributed by atoms with van der Waals surface area (Å²) in [5.41, 5.74) is 2.92. The number of ketones is 1. The fraction of sp³-hybridized carbons (Fsp3) is 0.250. The van der Waals surface area contributed by atoms with Crippen LogP contribution in [0.3, 0.4) is 0 Å². The number of carbonyl (C=O) groups excluding carboxylic acids is 3. The largest absolute Gasteiger partial charge is 0.326 e. The van der Waals surface area contributed by atoms with Crippen LogP contribution in [0.2, 0.25) is 0 Å². The van der Waals surface area contributed by atoms with Crippen molar-refractivity contribution in [1.29, 1.82) is 0 Å². The van der Waals surface area contributed by atoms with Gasteiger partial charge in [0.15, 0.2) is 5.78 Å². The molecule has 2 amide bonds. The van der Waals surface area contributed by atoms with E-state index < -0.39 is 0 Å². The van der Waals surface area contributed by atoms with E-state index in [1.165, 1.54) is 6.92 Å². The molecule has 5 heteroatoms. The third-order valence-corrected chi connectivity index (χ3v) is 4.24. The lowest BCUT2D eigenvalue weighted by atomic mass is 10.1. The third-order valence-electron chi connectivity index (χ3n) is 4.24. The molecule has 1 aliphatic heterocycles. The van der Waals surface area contributed by atoms with E-state index in [1.807, 2.05) is 24.3 Å². The Morgan fingerprint density at radius 2 is 1.88 bits per heavy atom. The van der Waals surface area contributed by atoms with E-state index in [9.17, 15) is 14.4 Å². The Balaban J connectivity index is 1.62. The summed E-state index contributed by atoms with van der Waals surface area (Å²) >= 11 is 0. The minimum absolute atomic E-state index is 0.0388. The van der Waals surface area contributed by atoms with Gasteiger partial charge in [0.25, 0.3) is 0 Å². The second-order valence-corrected chi connectivity index (χ2v) is 6.18. The average molecular weight is 336 g/mol. The van der Waals surface area contributed by atoms with Gasteiger partial charge in [0, 0.05) is 29.9 Å². The summed E-state index contributed by atoms with van der Waals surface area (Å²) in [5, 5.41) is 2.81. The molecule has 1 aliphatic rings. The van der Waals surface area contributed by atoms with Crippen molar-refractivity contribution in [3.63, 3.8) is 0 Å². The van der Waals surface area contributed by atoms with Crippen molar-refractivity contribution in [3.8, 4) is 0 Å². The van der Waals surface area contributed by atoms with E-state index >= 15 is 0 Å². The minimum atomic E-state index is -0.147. The Morgan fingerprint density at radius 3 is 2.52 bits per heavy atom. The van der Waals surface area contributed by atoms with Crippen molar-refractivity contribution in [1.82, 2.24) is 0 Å². The zero-order valence-corrected chi connectivity index (χ0v) is 14.1. The molecule has 0 saturated carbocycles. The number of carbonyl (C=O) groups is 3. The van der Waals surface area contributed by atoms with Crippen LogP contribution in [0.4, 0.5) is 11.4 Å². The van der Waals surface area contributed by atoms with Gasteiger partial charge in [0.05, 0.1) is 6.42 Å². The molecule has 1 N–H and O–H groups in total. The SMILES string of the molecule is CC(=O)c1cccc(NC(=O)Cc2ccc(N3CCCC3=O)cc2)c1. The maximum Gasteiger partial charge on any atom is 0.228 e. The summed E-state index contributed by atoms with van der Waals surface area (Å²) in [6.45, 7) is 2.25. The number of benzene rings is 2. The first-order valence-electron chi connectivity index (χ1n) is 8.33. The molecule has 1 heterocycles. The van der Waals surface area contributed by atoms with Crippen LogP contribution in [0.25, 0.3) is 0 Å². The van der Waals surface area contributed by atoms with Crippen LogP contribution in [0.15, 0.2) is 48.5 Å². The average Bonchev–Trinajstić information content (AvgIpc) is 3.02. The highest BCUT2D eigenvalue weighted by Crippen LogP contribution is 2.22. The van der Waals surface area contributed by atoms with Crippen LogP contribution < -0.4 is 10.2 Å². The maximum atomic E-state index is 12.2. The predicted molar refractivity (Wildman–Crippen MR) is 96.8 cm³/mol. The Hall–Kier alpha value is -2.95. The molecule has 0 aliphatic carbocycles. The molecule has 3 rings (SSSR count). The van der Waals surface area contributed by atoms with E-state index in [4.69, 9.17) is 0 Å². The van der Waals surface area contributed by atoms with Gasteiger partial charge in [0.1, 0.15) is 0 Å². The summed E-state index contributed by atoms with van der Waals surface area (Å²) in [6.07, 6.45) is 1.73. The van der Waals surface area contributed by atoms with Gasteiger partial charge < -0.3 is 10.2 Å². The van der Waals surface area contributed by atoms with E-state index in [2.05, 4.69) is 5.32 Å². The normalized spacial score (nSPS) is 13.8. The van der Waals surface area contributed by atoms with Crippen molar-refractivity contribution in [2.45, 2.75) is 26.2 Å². The van der Waals surface area contributed by atoms with E-state index in [0.29, 0.717) is 17.7 Å². The monoisotopic (exact) mass is 336 g/mol. The number of amides is 2. The van der Waals surface area contributed by atoms with Crippen molar-refractivity contribution in [3.05, 3.63) is 59.7 Å². The van der Waals surface area contributed by atoms with Gasteiger partial charge in [0.2, 0.25) is 11.8 Å². The van der Waals surface area contributed by atoms with Gasteiger partial charge in [-0.25, -0.2) is 0 Å². The van der Waals surface area contributed by atoms with E-state index in [0.717, 1.165) is 24.2 Å². The van der Waals surface area contributed by atoms with Gasteiger partial charge in [-0.2, -0.15) is 0 Å². The molecule has 1 saturated heterocycles. The molecule has 0 unspecified atom stereocenters. The molecule has 0 bridgehead atoms. The first-order valence-corrected chi connectivity index (χ1v) is 8.33. The van der Waals surface area contributed by atoms with Gasteiger partial charge in [-0.3, -0.25) is 14.4 Å². The lowest BCUT2D eigenvalue weighted by molar-refractivity contribution is -0.117. The predicted octanol–water partition coefficient (Wildman–Crippen LogP) is 3.20. The Morgan fingerprint density at radius 1 is 1.12 bits per heavy atom. The number of nitrogens with one attached hydrogen (secondary N) is 1. The maximum absolute atomic E-state index is 12.2. The molecular formula is C20H20N2O3. The summed E-state index contributed by atoms with van der Waals surface area (Å²) in [5.74, 6) is -0.0373. The Kier molecular flexibility index (Phi) is 4.93. The lowest BCUT2D eigenvalue weighted by Crippen LogP contribution is -2.23. The third kappa shape index (κ3) is 4.12. The highest BCUT2D eigenvalue weighted by molar-refractivity contribution is 5.98. The Labute approximate surface area is 146 Å². The van der Waals surface area contributed by atoms with Crippen LogP contribution in [-0.2, 0) is 16.0 Å². The molecule has 2 aromatic rings. The van der Waals surface area contributed by atoms with Crippen molar-refractivity contribution in [2.75, 3.05) is 16.8 Å². The molecule has 0 spiro atoms. The lowest BCUT2D eigenvalue weighted by Gasteiger charge is -2.15. The molecule has 2 aromatic carbocycles. The zero-order chi connectivity index (χ0) is 17.8. The molecule has 1 fully saturated rings. The molecule has 0 aromatic heterocycles. The number of nitrogens with zero attached hydrogens (tertiary/aromatic N) is 1. The topological polar surface area (TPSA) is 66.5 Å². The minimum Gasteiger partial charge on any atom is -0.326 e. The molecule has 0 atom stereocenters. The number of anilines is 2. The van der Waals surface area contributed by atoms with Crippen molar-refractivity contribution >= 4 is 29.0 Å². The first-order chi connectivity index (χ1) is 12.0. The summed E-state index contributed by atoms with van der Waals surface area (Å²) in [4.78, 5) is 37.1. The van der Waals surface area contributed by atoms with Gasteiger partial charge in [-0.1, -0.05) is 24.3 Å². The number of Topliss-reactive ketones (excluding diaryl/α,β-unsaturated/α-hetero) is 1. The first kappa shape index (κ1) is 16.9. The molecule has 5 nitrogen and oxygen atoms in total. The number of hydrogen-bond donors (Lipinski definition) is 1. The number of hydrogen-bond acceptors (Lipinski definition) is 3. The number of rotatable bonds is 5. The Bertz CT molecular complexity index is 812. The highest BCUT2D eigenvalue weighted by atomic mass is 16.2. The molecule has 128 valence electrons. The second kappa shape index (κ2) is 7.30. The summed E-state index contributed by atoms with van der Waals surface area (Å²) in [6, 6.07) is 14.4. The fourth-order valence-corrected chi connectivity index (χ4v) is 2.92. The van der Waals surface area contributed by atoms with Crippen molar-refractivity contribution in [2.24, 2.45) is 0 Å². The molecule has 0 radical (unpaired) electrons. The quantitative estimate of drug-likeness (QED) is 0.853. The molecular weight excluding hydrogens is 316 g/mol. The van der Waals surface area contributed by atoms with Gasteiger partial charge in [-0.05, 0) is 43.2 Å². The van der Waals surface area contributed by atoms with Gasteiger partial charge >= 0.3 is 0 Å². The van der Waals surface area contributed by atoms with Gasteiger partial charge in [-0.15, -0.1) is 0 Å². The fourth-order valence-electron chi connectivity index (χ4n) is 2.92. The van der Waals surface area contributed by atoms with Crippen LogP contribution in [0, 0.1) is 0 Å². The van der Waals surface area contributed by atoms with Crippen molar-refractivity contribution < 1.29 is 14.4 Å². The van der Waals surface area contributed by atoms with E-state index in [1.54, 1.807) is 29.2 Å². The summed E-state index contributed by atoms with van der Waals surface area (Å²) in [7, 11) is 0. The highest BCUT2D eigenvalue weighted by Gasteiger charge is 2.21. The second-order valence-electron chi connectivity index (χ2n) is 6.18. The van der Waals surface area contributed by atoms with Crippen LogP contribution in [-0.4, -0.2) is 24.1 Å². The summed E-state index contributed by atoms with van der Waals surface area (Å²) < 4.78 is 0. The van der Waals surface area contributed by atoms with E-state index in [-0.39, 0.29) is 24.0 Å². The van der Waals surface area contributed by atoms with Crippen LogP contribution in [0.1, 0.15) is 35.7 Å². The zero-order valence-electron chi connectivity index (χ0n) is 14.1. The standard InChI is InChI=1S/C20H20N2O3/c1-14(23)16-4-2-5-17(13-16)21-19(24)12-15-7-9-18(10-8-15)22-11-3-6-20(22)25/h2,4-5,7-10,13H,3,6,11-12H2,1H3,(H,21,24). The molecule has 25 heavy (non-hydrogen) atoms. The van der Waals surface area contributed by atoms with Crippen LogP contribution in [0.5, 0.6) is 0 Å².